The van der Waals surface area contributed by atoms with Crippen LogP contribution in [0.15, 0.2) is 6.20 Å². The first-order valence-corrected chi connectivity index (χ1v) is 11.0. The Hall–Kier alpha value is -0.610. The number of aromatic nitrogens is 1. The van der Waals surface area contributed by atoms with E-state index in [1.165, 1.54) is 37.1 Å². The molecule has 0 N–H and O–H groups in total. The van der Waals surface area contributed by atoms with Crippen LogP contribution >= 0.6 is 22.9 Å². The molecule has 2 unspecified atom stereocenters. The van der Waals surface area contributed by atoms with Crippen molar-refractivity contribution in [3.63, 3.8) is 0 Å². The van der Waals surface area contributed by atoms with Crippen molar-refractivity contribution in [1.82, 2.24) is 9.88 Å². The average Bonchev–Trinajstić information content (AvgIpc) is 3.33. The lowest BCUT2D eigenvalue weighted by molar-refractivity contribution is -0.132. The van der Waals surface area contributed by atoms with Crippen LogP contribution < -0.4 is 0 Å². The van der Waals surface area contributed by atoms with Crippen LogP contribution in [-0.2, 0) is 4.79 Å². The lowest BCUT2D eigenvalue weighted by atomic mass is 9.68. The molecular weight excluding hydrogens is 352 g/mol. The fourth-order valence-corrected chi connectivity index (χ4v) is 5.74. The lowest BCUT2D eigenvalue weighted by Gasteiger charge is -2.41. The molecule has 3 nitrogen and oxygen atoms in total. The molecule has 25 heavy (non-hydrogen) atoms. The van der Waals surface area contributed by atoms with Crippen LogP contribution in [0.3, 0.4) is 0 Å². The molecule has 1 radical (unpaired) electrons. The number of hydrogen-bond acceptors (Lipinski definition) is 3. The molecule has 137 valence electrons. The maximum Gasteiger partial charge on any atom is 0.222 e. The number of carbonyl (C=O) groups excluding carboxylic acids is 1. The molecule has 0 spiro atoms. The topological polar surface area (TPSA) is 33.2 Å². The number of piperidine rings is 1. The molecule has 3 aliphatic rings. The number of likely N-dealkylation sites (tertiary alicyclic amines) is 1. The van der Waals surface area contributed by atoms with Crippen molar-refractivity contribution in [2.45, 2.75) is 64.2 Å². The highest BCUT2D eigenvalue weighted by Crippen LogP contribution is 2.47. The molecular formula is C20H28ClN2OS. The van der Waals surface area contributed by atoms with E-state index in [1.54, 1.807) is 23.5 Å². The van der Waals surface area contributed by atoms with E-state index in [0.717, 1.165) is 36.7 Å². The Labute approximate surface area is 160 Å². The van der Waals surface area contributed by atoms with E-state index in [-0.39, 0.29) is 0 Å². The van der Waals surface area contributed by atoms with Crippen LogP contribution in [0, 0.1) is 23.7 Å². The van der Waals surface area contributed by atoms with Gasteiger partial charge in [0.2, 0.25) is 5.91 Å². The Kier molecular flexibility index (Phi) is 5.38. The Morgan fingerprint density at radius 3 is 2.68 bits per heavy atom. The molecule has 1 aliphatic heterocycles. The van der Waals surface area contributed by atoms with E-state index in [2.05, 4.69) is 16.8 Å². The highest BCUT2D eigenvalue weighted by molar-refractivity contribution is 7.15. The van der Waals surface area contributed by atoms with Crippen LogP contribution in [0.25, 0.3) is 0 Å². The third-order valence-corrected chi connectivity index (χ3v) is 7.73. The van der Waals surface area contributed by atoms with Gasteiger partial charge in [-0.05, 0) is 68.6 Å². The van der Waals surface area contributed by atoms with Crippen LogP contribution in [0.2, 0.25) is 4.34 Å². The van der Waals surface area contributed by atoms with Crippen molar-refractivity contribution in [3.8, 4) is 0 Å². The minimum Gasteiger partial charge on any atom is -0.343 e. The van der Waals surface area contributed by atoms with Gasteiger partial charge in [-0.1, -0.05) is 18.5 Å². The second-order valence-electron chi connectivity index (χ2n) is 8.29. The second-order valence-corrected chi connectivity index (χ2v) is 9.98. The molecule has 1 aromatic heterocycles. The maximum atomic E-state index is 12.3. The van der Waals surface area contributed by atoms with Gasteiger partial charge in [0.15, 0.2) is 0 Å². The molecule has 1 amide bonds. The van der Waals surface area contributed by atoms with E-state index < -0.39 is 0 Å². The third-order valence-electron chi connectivity index (χ3n) is 6.49. The van der Waals surface area contributed by atoms with Gasteiger partial charge in [0, 0.05) is 25.4 Å². The van der Waals surface area contributed by atoms with Gasteiger partial charge in [0.05, 0.1) is 11.2 Å². The van der Waals surface area contributed by atoms with E-state index in [9.17, 15) is 4.79 Å². The van der Waals surface area contributed by atoms with Crippen LogP contribution in [0.4, 0.5) is 0 Å². The van der Waals surface area contributed by atoms with Gasteiger partial charge in [0.25, 0.3) is 0 Å². The van der Waals surface area contributed by atoms with Crippen molar-refractivity contribution in [2.75, 3.05) is 13.1 Å². The average molecular weight is 380 g/mol. The predicted molar refractivity (Wildman–Crippen MR) is 103 cm³/mol. The summed E-state index contributed by atoms with van der Waals surface area (Å²) in [5.74, 6) is 4.75. The standard InChI is InChI=1S/C20H28ClN2OS/c1-13-2-5-16(11-17(13)20-22-12-18(21)25-20)15-6-8-23(9-7-15)19(24)10-14-3-4-14/h12-15,17H,2-11H2,1H3. The molecule has 2 aliphatic carbocycles. The Morgan fingerprint density at radius 1 is 1.28 bits per heavy atom. The number of amides is 1. The summed E-state index contributed by atoms with van der Waals surface area (Å²) in [7, 11) is 0. The summed E-state index contributed by atoms with van der Waals surface area (Å²) in [6.45, 7) is 4.28. The van der Waals surface area contributed by atoms with E-state index in [4.69, 9.17) is 11.6 Å². The van der Waals surface area contributed by atoms with Gasteiger partial charge in [0.1, 0.15) is 4.34 Å². The molecule has 1 aromatic rings. The number of hydrogen-bond donors (Lipinski definition) is 0. The molecule has 2 heterocycles. The van der Waals surface area contributed by atoms with Crippen molar-refractivity contribution in [3.05, 3.63) is 21.5 Å². The quantitative estimate of drug-likeness (QED) is 0.709. The van der Waals surface area contributed by atoms with Gasteiger partial charge in [-0.3, -0.25) is 4.79 Å². The van der Waals surface area contributed by atoms with Crippen LogP contribution in [0.5, 0.6) is 0 Å². The number of nitrogens with zero attached hydrogens (tertiary/aromatic N) is 2. The van der Waals surface area contributed by atoms with E-state index in [0.29, 0.717) is 29.6 Å². The largest absolute Gasteiger partial charge is 0.343 e. The van der Waals surface area contributed by atoms with Crippen molar-refractivity contribution < 1.29 is 4.79 Å². The molecule has 5 heteroatoms. The van der Waals surface area contributed by atoms with Gasteiger partial charge >= 0.3 is 0 Å². The maximum absolute atomic E-state index is 12.3. The zero-order valence-corrected chi connectivity index (χ0v) is 16.6. The van der Waals surface area contributed by atoms with Gasteiger partial charge < -0.3 is 4.90 Å². The minimum atomic E-state index is 0.401. The number of thiazole rings is 1. The fraction of sp³-hybridized carbons (Fsp3) is 0.750. The summed E-state index contributed by atoms with van der Waals surface area (Å²) < 4.78 is 0.803. The zero-order valence-electron chi connectivity index (χ0n) is 15.0. The number of halogens is 1. The molecule has 2 saturated carbocycles. The fourth-order valence-electron chi connectivity index (χ4n) is 4.58. The molecule has 0 bridgehead atoms. The van der Waals surface area contributed by atoms with Crippen molar-refractivity contribution >= 4 is 28.8 Å². The monoisotopic (exact) mass is 379 g/mol. The second kappa shape index (κ2) is 7.56. The summed E-state index contributed by atoms with van der Waals surface area (Å²) in [4.78, 5) is 19.0. The number of carbonyl (C=O) groups is 1. The summed E-state index contributed by atoms with van der Waals surface area (Å²) in [6, 6.07) is 0. The molecule has 3 fully saturated rings. The number of rotatable bonds is 4. The van der Waals surface area contributed by atoms with Crippen LogP contribution in [0.1, 0.15) is 69.2 Å². The highest BCUT2D eigenvalue weighted by Gasteiger charge is 2.37. The first-order valence-electron chi connectivity index (χ1n) is 9.83. The highest BCUT2D eigenvalue weighted by atomic mass is 35.5. The summed E-state index contributed by atoms with van der Waals surface area (Å²) in [6.07, 6.45) is 11.1. The van der Waals surface area contributed by atoms with Gasteiger partial charge in [-0.25, -0.2) is 4.98 Å². The normalized spacial score (nSPS) is 29.1. The molecule has 2 atom stereocenters. The molecule has 1 saturated heterocycles. The summed E-state index contributed by atoms with van der Waals surface area (Å²) in [5, 5.41) is 1.21. The van der Waals surface area contributed by atoms with E-state index in [1.807, 2.05) is 0 Å². The Bertz CT molecular complexity index is 607. The Morgan fingerprint density at radius 2 is 2.04 bits per heavy atom. The molecule has 0 aromatic carbocycles. The molecule has 4 rings (SSSR count). The minimum absolute atomic E-state index is 0.401. The van der Waals surface area contributed by atoms with E-state index >= 15 is 0 Å². The van der Waals surface area contributed by atoms with Crippen molar-refractivity contribution in [1.29, 1.82) is 0 Å². The smallest absolute Gasteiger partial charge is 0.222 e. The third kappa shape index (κ3) is 4.21. The first-order chi connectivity index (χ1) is 12.1. The van der Waals surface area contributed by atoms with Gasteiger partial charge in [-0.15, -0.1) is 11.3 Å². The van der Waals surface area contributed by atoms with Gasteiger partial charge in [-0.2, -0.15) is 0 Å². The summed E-state index contributed by atoms with van der Waals surface area (Å²) in [5.41, 5.74) is 0. The van der Waals surface area contributed by atoms with Crippen LogP contribution in [-0.4, -0.2) is 28.9 Å². The predicted octanol–water partition coefficient (Wildman–Crippen LogP) is 5.31. The van der Waals surface area contributed by atoms with Crippen molar-refractivity contribution in [2.24, 2.45) is 17.8 Å². The SMILES string of the molecule is CC1CC[C](C2CCN(C(=O)CC3CC3)CC2)CC1c1ncc(Cl)s1. The first kappa shape index (κ1) is 17.8. The lowest BCUT2D eigenvalue weighted by Crippen LogP contribution is -2.40. The Balaban J connectivity index is 1.32. The zero-order chi connectivity index (χ0) is 17.4. The summed E-state index contributed by atoms with van der Waals surface area (Å²) >= 11 is 7.76.